The Kier molecular flexibility index (Phi) is 2.48. The van der Waals surface area contributed by atoms with Crippen molar-refractivity contribution in [3.63, 3.8) is 0 Å². The Bertz CT molecular complexity index is 1140. The molecule has 1 aromatic carbocycles. The van der Waals surface area contributed by atoms with Crippen LogP contribution in [0, 0.1) is 0 Å². The molecule has 2 aromatic rings. The molecule has 0 fully saturated rings. The Hall–Kier alpha value is -2.95. The van der Waals surface area contributed by atoms with Crippen LogP contribution in [-0.2, 0) is 14.1 Å². The van der Waals surface area contributed by atoms with Gasteiger partial charge in [-0.2, -0.15) is 0 Å². The summed E-state index contributed by atoms with van der Waals surface area (Å²) in [5.74, 6) is 0. The lowest BCUT2D eigenvalue weighted by molar-refractivity contribution is 0.710. The van der Waals surface area contributed by atoms with Crippen LogP contribution >= 0.6 is 0 Å². The second kappa shape index (κ2) is 4.27. The van der Waals surface area contributed by atoms with Gasteiger partial charge < -0.3 is 0 Å². The van der Waals surface area contributed by atoms with Crippen molar-refractivity contribution < 1.29 is 0 Å². The molecule has 0 spiro atoms. The zero-order valence-corrected chi connectivity index (χ0v) is 12.2. The Morgan fingerprint density at radius 1 is 0.909 bits per heavy atom. The summed E-state index contributed by atoms with van der Waals surface area (Å²) in [4.78, 5) is 29.2. The monoisotopic (exact) mass is 291 g/mol. The first-order valence-electron chi connectivity index (χ1n) is 6.97. The largest absolute Gasteiger partial charge is 0.332 e. The minimum absolute atomic E-state index is 0.308. The highest BCUT2D eigenvalue weighted by molar-refractivity contribution is 6.08. The van der Waals surface area contributed by atoms with Gasteiger partial charge >= 0.3 is 5.69 Å². The van der Waals surface area contributed by atoms with E-state index in [0.29, 0.717) is 11.0 Å². The van der Waals surface area contributed by atoms with Gasteiger partial charge in [0.25, 0.3) is 5.56 Å². The minimum Gasteiger partial charge on any atom is -0.280 e. The summed E-state index contributed by atoms with van der Waals surface area (Å²) in [5, 5.41) is 2.48. The fraction of sp³-hybridized carbons (Fsp3) is 0.118. The highest BCUT2D eigenvalue weighted by Gasteiger charge is 2.20. The lowest BCUT2D eigenvalue weighted by Gasteiger charge is -2.03. The first kappa shape index (κ1) is 12.8. The van der Waals surface area contributed by atoms with Crippen LogP contribution in [0.4, 0.5) is 0 Å². The molecule has 108 valence electrons. The topological polar surface area (TPSA) is 56.9 Å². The minimum atomic E-state index is -0.367. The quantitative estimate of drug-likeness (QED) is 0.497. The van der Waals surface area contributed by atoms with E-state index in [2.05, 4.69) is 4.98 Å². The van der Waals surface area contributed by atoms with Crippen molar-refractivity contribution >= 4 is 21.8 Å². The Balaban J connectivity index is 2.43. The predicted molar refractivity (Wildman–Crippen MR) is 86.4 cm³/mol. The molecule has 1 aromatic heterocycles. The molecule has 0 unspecified atom stereocenters. The van der Waals surface area contributed by atoms with E-state index in [-0.39, 0.29) is 11.2 Å². The molecule has 0 radical (unpaired) electrons. The number of nitrogens with zero attached hydrogens (tertiary/aromatic N) is 3. The van der Waals surface area contributed by atoms with Gasteiger partial charge in [-0.3, -0.25) is 13.9 Å². The van der Waals surface area contributed by atoms with Crippen LogP contribution in [0.15, 0.2) is 52.1 Å². The van der Waals surface area contributed by atoms with E-state index in [1.807, 2.05) is 42.5 Å². The molecule has 0 N–H and O–H groups in total. The SMILES string of the molecule is Cn1c(=O)c2c3c4ccccc4cccc-3nc2n(C)c1=O. The third-order valence-corrected chi connectivity index (χ3v) is 4.13. The molecule has 22 heavy (non-hydrogen) atoms. The molecule has 0 amide bonds. The molecule has 4 rings (SSSR count). The zero-order valence-electron chi connectivity index (χ0n) is 12.2. The van der Waals surface area contributed by atoms with E-state index in [1.165, 1.54) is 11.6 Å². The fourth-order valence-corrected chi connectivity index (χ4v) is 2.99. The van der Waals surface area contributed by atoms with Crippen LogP contribution < -0.4 is 11.2 Å². The van der Waals surface area contributed by atoms with Gasteiger partial charge in [-0.25, -0.2) is 9.78 Å². The van der Waals surface area contributed by atoms with E-state index in [0.717, 1.165) is 26.6 Å². The summed E-state index contributed by atoms with van der Waals surface area (Å²) < 4.78 is 2.55. The molecule has 0 saturated carbocycles. The van der Waals surface area contributed by atoms with Crippen molar-refractivity contribution in [1.82, 2.24) is 14.1 Å². The summed E-state index contributed by atoms with van der Waals surface area (Å²) in [6.45, 7) is 0. The Labute approximate surface area is 125 Å². The van der Waals surface area contributed by atoms with E-state index < -0.39 is 0 Å². The molecule has 5 nitrogen and oxygen atoms in total. The third kappa shape index (κ3) is 1.50. The van der Waals surface area contributed by atoms with Gasteiger partial charge in [0.05, 0.1) is 11.1 Å². The molecule has 0 saturated heterocycles. The molecule has 2 aliphatic rings. The zero-order chi connectivity index (χ0) is 15.4. The van der Waals surface area contributed by atoms with Crippen molar-refractivity contribution in [3.8, 4) is 11.3 Å². The number of benzene rings is 1. The maximum atomic E-state index is 12.6. The molecule has 1 aliphatic carbocycles. The van der Waals surface area contributed by atoms with Gasteiger partial charge in [-0.05, 0) is 16.8 Å². The van der Waals surface area contributed by atoms with Crippen LogP contribution in [0.5, 0.6) is 0 Å². The first-order chi connectivity index (χ1) is 10.6. The van der Waals surface area contributed by atoms with Gasteiger partial charge in [0.15, 0.2) is 5.65 Å². The highest BCUT2D eigenvalue weighted by atomic mass is 16.2. The number of rotatable bonds is 0. The van der Waals surface area contributed by atoms with Crippen molar-refractivity contribution in [2.45, 2.75) is 0 Å². The van der Waals surface area contributed by atoms with Crippen molar-refractivity contribution in [2.24, 2.45) is 14.1 Å². The summed E-state index contributed by atoms with van der Waals surface area (Å²) in [5.41, 5.74) is 1.27. The lowest BCUT2D eigenvalue weighted by Crippen LogP contribution is -2.36. The summed E-state index contributed by atoms with van der Waals surface area (Å²) >= 11 is 0. The van der Waals surface area contributed by atoms with Gasteiger partial charge in [-0.1, -0.05) is 36.4 Å². The van der Waals surface area contributed by atoms with Gasteiger partial charge in [-0.15, -0.1) is 0 Å². The van der Waals surface area contributed by atoms with Gasteiger partial charge in [0, 0.05) is 19.7 Å². The molecule has 1 aliphatic heterocycles. The van der Waals surface area contributed by atoms with Crippen molar-refractivity contribution in [3.05, 3.63) is 63.3 Å². The van der Waals surface area contributed by atoms with E-state index in [4.69, 9.17) is 0 Å². The van der Waals surface area contributed by atoms with Crippen molar-refractivity contribution in [2.75, 3.05) is 0 Å². The van der Waals surface area contributed by atoms with E-state index >= 15 is 0 Å². The second-order valence-electron chi connectivity index (χ2n) is 5.39. The predicted octanol–water partition coefficient (Wildman–Crippen LogP) is 1.89. The Morgan fingerprint density at radius 3 is 2.45 bits per heavy atom. The fourth-order valence-electron chi connectivity index (χ4n) is 2.99. The summed E-state index contributed by atoms with van der Waals surface area (Å²) in [6.07, 6.45) is 0. The normalized spacial score (nSPS) is 11.5. The highest BCUT2D eigenvalue weighted by Crippen LogP contribution is 2.33. The summed E-state index contributed by atoms with van der Waals surface area (Å²) in [6, 6.07) is 13.7. The Morgan fingerprint density at radius 2 is 1.64 bits per heavy atom. The number of aromatic nitrogens is 3. The number of fused-ring (bicyclic) bond motifs is 5. The van der Waals surface area contributed by atoms with Crippen molar-refractivity contribution in [1.29, 1.82) is 0 Å². The first-order valence-corrected chi connectivity index (χ1v) is 6.97. The maximum Gasteiger partial charge on any atom is 0.332 e. The average molecular weight is 291 g/mol. The number of hydrogen-bond donors (Lipinski definition) is 0. The van der Waals surface area contributed by atoms with Crippen LogP contribution in [0.2, 0.25) is 0 Å². The second-order valence-corrected chi connectivity index (χ2v) is 5.39. The summed E-state index contributed by atoms with van der Waals surface area (Å²) in [7, 11) is 3.13. The van der Waals surface area contributed by atoms with Crippen LogP contribution in [0.3, 0.4) is 0 Å². The molecule has 2 heterocycles. The lowest BCUT2D eigenvalue weighted by atomic mass is 10.1. The molecule has 0 bridgehead atoms. The number of hydrogen-bond acceptors (Lipinski definition) is 3. The van der Waals surface area contributed by atoms with E-state index in [9.17, 15) is 9.59 Å². The molecular formula is C17H13N3O2. The van der Waals surface area contributed by atoms with Gasteiger partial charge in [0.2, 0.25) is 0 Å². The molecular weight excluding hydrogens is 278 g/mol. The molecule has 5 heteroatoms. The average Bonchev–Trinajstić information content (AvgIpc) is 2.81. The van der Waals surface area contributed by atoms with Gasteiger partial charge in [0.1, 0.15) is 0 Å². The van der Waals surface area contributed by atoms with Crippen LogP contribution in [0.1, 0.15) is 0 Å². The van der Waals surface area contributed by atoms with E-state index in [1.54, 1.807) is 7.05 Å². The number of aryl methyl sites for hydroxylation is 1. The smallest absolute Gasteiger partial charge is 0.280 e. The van der Waals surface area contributed by atoms with Crippen LogP contribution in [0.25, 0.3) is 33.1 Å². The molecule has 0 atom stereocenters. The third-order valence-electron chi connectivity index (χ3n) is 4.13. The standard InChI is InChI=1S/C17H13N3O2/c1-19-15-14(16(21)20(2)17(19)22)13-11-8-4-3-6-10(11)7-5-9-12(13)18-15/h3-9H,1-2H3. The maximum absolute atomic E-state index is 12.6. The van der Waals surface area contributed by atoms with Crippen LogP contribution in [-0.4, -0.2) is 14.1 Å².